The smallest absolute Gasteiger partial charge is 0.212 e. The molecule has 78 valence electrons. The standard InChI is InChI=1S/C7H4Cl2F2O2S/c8-7-5(10)1-4(2-6(7)11)3-14(9,12)13/h1-2H,3H2. The van der Waals surface area contributed by atoms with Gasteiger partial charge in [0.05, 0.1) is 5.75 Å². The van der Waals surface area contributed by atoms with Crippen LogP contribution in [0.25, 0.3) is 0 Å². The van der Waals surface area contributed by atoms with Crippen LogP contribution in [0.1, 0.15) is 5.56 Å². The van der Waals surface area contributed by atoms with Crippen LogP contribution in [0.3, 0.4) is 0 Å². The maximum Gasteiger partial charge on any atom is 0.236 e. The molecule has 0 aliphatic heterocycles. The minimum absolute atomic E-state index is 0.0839. The minimum Gasteiger partial charge on any atom is -0.212 e. The number of hydrogen-bond acceptors (Lipinski definition) is 2. The number of rotatable bonds is 2. The maximum atomic E-state index is 12.8. The van der Waals surface area contributed by atoms with Gasteiger partial charge in [0.15, 0.2) is 0 Å². The monoisotopic (exact) mass is 260 g/mol. The first kappa shape index (κ1) is 11.7. The third-order valence-electron chi connectivity index (χ3n) is 1.38. The number of hydrogen-bond donors (Lipinski definition) is 0. The van der Waals surface area contributed by atoms with Crippen molar-refractivity contribution in [1.29, 1.82) is 0 Å². The van der Waals surface area contributed by atoms with E-state index in [4.69, 9.17) is 22.3 Å². The van der Waals surface area contributed by atoms with Gasteiger partial charge in [-0.25, -0.2) is 17.2 Å². The van der Waals surface area contributed by atoms with Gasteiger partial charge >= 0.3 is 0 Å². The summed E-state index contributed by atoms with van der Waals surface area (Å²) >= 11 is 5.19. The molecule has 1 aromatic rings. The van der Waals surface area contributed by atoms with Crippen molar-refractivity contribution in [2.75, 3.05) is 0 Å². The van der Waals surface area contributed by atoms with Crippen molar-refractivity contribution in [3.8, 4) is 0 Å². The van der Waals surface area contributed by atoms with Crippen LogP contribution in [0, 0.1) is 11.6 Å². The summed E-state index contributed by atoms with van der Waals surface area (Å²) < 4.78 is 46.8. The summed E-state index contributed by atoms with van der Waals surface area (Å²) in [4.78, 5) is 0. The average Bonchev–Trinajstić information content (AvgIpc) is 1.96. The Balaban J connectivity index is 3.14. The van der Waals surface area contributed by atoms with Gasteiger partial charge in [-0.15, -0.1) is 0 Å². The molecule has 0 atom stereocenters. The van der Waals surface area contributed by atoms with E-state index in [2.05, 4.69) is 0 Å². The summed E-state index contributed by atoms with van der Waals surface area (Å²) in [7, 11) is 1.08. The first-order valence-corrected chi connectivity index (χ1v) is 6.21. The van der Waals surface area contributed by atoms with Crippen molar-refractivity contribution in [3.63, 3.8) is 0 Å². The Bertz CT molecular complexity index is 436. The predicted octanol–water partition coefficient (Wildman–Crippen LogP) is 2.69. The lowest BCUT2D eigenvalue weighted by Crippen LogP contribution is -1.97. The zero-order chi connectivity index (χ0) is 10.9. The van der Waals surface area contributed by atoms with E-state index in [1.807, 2.05) is 0 Å². The van der Waals surface area contributed by atoms with E-state index in [1.165, 1.54) is 0 Å². The van der Waals surface area contributed by atoms with Gasteiger partial charge in [0.25, 0.3) is 0 Å². The van der Waals surface area contributed by atoms with Gasteiger partial charge in [-0.2, -0.15) is 0 Å². The highest BCUT2D eigenvalue weighted by Crippen LogP contribution is 2.22. The lowest BCUT2D eigenvalue weighted by Gasteiger charge is -2.01. The van der Waals surface area contributed by atoms with Crippen LogP contribution in [0.4, 0.5) is 8.78 Å². The Hall–Kier alpha value is -0.390. The number of halogens is 4. The number of benzene rings is 1. The van der Waals surface area contributed by atoms with E-state index < -0.39 is 31.5 Å². The van der Waals surface area contributed by atoms with Gasteiger partial charge in [0, 0.05) is 10.7 Å². The van der Waals surface area contributed by atoms with E-state index in [0.717, 1.165) is 12.1 Å². The van der Waals surface area contributed by atoms with Crippen molar-refractivity contribution in [2.24, 2.45) is 0 Å². The first-order valence-electron chi connectivity index (χ1n) is 3.35. The Kier molecular flexibility index (Phi) is 3.34. The molecule has 0 radical (unpaired) electrons. The van der Waals surface area contributed by atoms with Crippen molar-refractivity contribution >= 4 is 31.3 Å². The van der Waals surface area contributed by atoms with Crippen LogP contribution in [-0.4, -0.2) is 8.42 Å². The third kappa shape index (κ3) is 3.08. The summed E-state index contributed by atoms with van der Waals surface area (Å²) in [6.45, 7) is 0. The predicted molar refractivity (Wildman–Crippen MR) is 49.8 cm³/mol. The topological polar surface area (TPSA) is 34.1 Å². The lowest BCUT2D eigenvalue weighted by molar-refractivity contribution is 0.581. The molecule has 2 nitrogen and oxygen atoms in total. The highest BCUT2D eigenvalue weighted by molar-refractivity contribution is 8.13. The summed E-state index contributed by atoms with van der Waals surface area (Å²) in [6, 6.07) is 1.65. The maximum absolute atomic E-state index is 12.8. The minimum atomic E-state index is -3.83. The fourth-order valence-corrected chi connectivity index (χ4v) is 1.94. The van der Waals surface area contributed by atoms with E-state index in [-0.39, 0.29) is 5.56 Å². The van der Waals surface area contributed by atoms with Crippen molar-refractivity contribution in [3.05, 3.63) is 34.4 Å². The van der Waals surface area contributed by atoms with Gasteiger partial charge in [-0.3, -0.25) is 0 Å². The Labute approximate surface area is 88.9 Å². The van der Waals surface area contributed by atoms with Gasteiger partial charge in [0.2, 0.25) is 9.05 Å². The summed E-state index contributed by atoms with van der Waals surface area (Å²) in [5.41, 5.74) is -0.0839. The van der Waals surface area contributed by atoms with Crippen molar-refractivity contribution < 1.29 is 17.2 Å². The zero-order valence-electron chi connectivity index (χ0n) is 6.60. The molecule has 0 unspecified atom stereocenters. The normalized spacial score (nSPS) is 11.7. The van der Waals surface area contributed by atoms with Crippen LogP contribution in [0.2, 0.25) is 5.02 Å². The van der Waals surface area contributed by atoms with E-state index >= 15 is 0 Å². The van der Waals surface area contributed by atoms with Crippen LogP contribution in [0.5, 0.6) is 0 Å². The second-order valence-electron chi connectivity index (χ2n) is 2.56. The second kappa shape index (κ2) is 4.00. The van der Waals surface area contributed by atoms with Gasteiger partial charge in [0.1, 0.15) is 16.7 Å². The van der Waals surface area contributed by atoms with Gasteiger partial charge in [-0.1, -0.05) is 11.6 Å². The highest BCUT2D eigenvalue weighted by atomic mass is 35.7. The molecule has 1 rings (SSSR count). The lowest BCUT2D eigenvalue weighted by atomic mass is 10.2. The largest absolute Gasteiger partial charge is 0.236 e. The van der Waals surface area contributed by atoms with Gasteiger partial charge in [-0.05, 0) is 17.7 Å². The summed E-state index contributed by atoms with van der Waals surface area (Å²) in [6.07, 6.45) is 0. The molecule has 0 N–H and O–H groups in total. The molecule has 0 aromatic heterocycles. The van der Waals surface area contributed by atoms with Crippen LogP contribution in [-0.2, 0) is 14.8 Å². The second-order valence-corrected chi connectivity index (χ2v) is 5.71. The Morgan fingerprint density at radius 1 is 1.21 bits per heavy atom. The van der Waals surface area contributed by atoms with Crippen LogP contribution in [0.15, 0.2) is 12.1 Å². The Morgan fingerprint density at radius 3 is 2.00 bits per heavy atom. The molecule has 0 spiro atoms. The molecule has 0 aliphatic carbocycles. The molecular weight excluding hydrogens is 257 g/mol. The molecular formula is C7H4Cl2F2O2S. The van der Waals surface area contributed by atoms with E-state index in [9.17, 15) is 17.2 Å². The summed E-state index contributed by atoms with van der Waals surface area (Å²) in [5, 5.41) is -0.666. The first-order chi connectivity index (χ1) is 6.29. The van der Waals surface area contributed by atoms with E-state index in [1.54, 1.807) is 0 Å². The highest BCUT2D eigenvalue weighted by Gasteiger charge is 2.13. The van der Waals surface area contributed by atoms with Crippen molar-refractivity contribution in [1.82, 2.24) is 0 Å². The quantitative estimate of drug-likeness (QED) is 0.605. The molecule has 0 bridgehead atoms. The molecule has 0 aliphatic rings. The molecule has 0 fully saturated rings. The van der Waals surface area contributed by atoms with Gasteiger partial charge < -0.3 is 0 Å². The van der Waals surface area contributed by atoms with E-state index in [0.29, 0.717) is 0 Å². The van der Waals surface area contributed by atoms with Crippen molar-refractivity contribution in [2.45, 2.75) is 5.75 Å². The SMILES string of the molecule is O=S(=O)(Cl)Cc1cc(F)c(Cl)c(F)c1. The van der Waals surface area contributed by atoms with Crippen LogP contribution >= 0.6 is 22.3 Å². The molecule has 0 heterocycles. The molecule has 1 aromatic carbocycles. The fourth-order valence-electron chi connectivity index (χ4n) is 0.890. The zero-order valence-corrected chi connectivity index (χ0v) is 8.93. The third-order valence-corrected chi connectivity index (χ3v) is 2.75. The molecule has 14 heavy (non-hydrogen) atoms. The molecule has 0 saturated carbocycles. The summed E-state index contributed by atoms with van der Waals surface area (Å²) in [5.74, 6) is -2.66. The average molecular weight is 261 g/mol. The van der Waals surface area contributed by atoms with Crippen LogP contribution < -0.4 is 0 Å². The molecule has 7 heteroatoms. The molecule has 0 amide bonds. The fraction of sp³-hybridized carbons (Fsp3) is 0.143. The molecule has 0 saturated heterocycles. The Morgan fingerprint density at radius 2 is 1.64 bits per heavy atom.